The van der Waals surface area contributed by atoms with Crippen LogP contribution < -0.4 is 5.32 Å². The zero-order valence-electron chi connectivity index (χ0n) is 13.2. The van der Waals surface area contributed by atoms with Crippen molar-refractivity contribution in [3.63, 3.8) is 0 Å². The Bertz CT molecular complexity index is 669. The molecule has 5 nitrogen and oxygen atoms in total. The Kier molecular flexibility index (Phi) is 4.29. The molecule has 1 amide bonds. The highest BCUT2D eigenvalue weighted by molar-refractivity contribution is 7.15. The SMILES string of the molecule is Cc1sc(-c2nnc(C(C)C)o2)cc1NC(=O)C1CCCC1. The molecule has 0 radical (unpaired) electrons. The van der Waals surface area contributed by atoms with Gasteiger partial charge in [0.05, 0.1) is 10.6 Å². The summed E-state index contributed by atoms with van der Waals surface area (Å²) in [7, 11) is 0. The maximum atomic E-state index is 12.2. The van der Waals surface area contributed by atoms with Crippen LogP contribution in [0.2, 0.25) is 0 Å². The van der Waals surface area contributed by atoms with Gasteiger partial charge in [0, 0.05) is 16.7 Å². The van der Waals surface area contributed by atoms with Crippen molar-refractivity contribution in [2.45, 2.75) is 52.4 Å². The third-order valence-electron chi connectivity index (χ3n) is 4.05. The van der Waals surface area contributed by atoms with E-state index in [1.807, 2.05) is 26.8 Å². The molecule has 1 saturated carbocycles. The van der Waals surface area contributed by atoms with E-state index < -0.39 is 0 Å². The van der Waals surface area contributed by atoms with E-state index in [0.717, 1.165) is 41.1 Å². The van der Waals surface area contributed by atoms with E-state index in [4.69, 9.17) is 4.42 Å². The summed E-state index contributed by atoms with van der Waals surface area (Å²) in [6, 6.07) is 1.93. The number of rotatable bonds is 4. The van der Waals surface area contributed by atoms with Gasteiger partial charge in [0.2, 0.25) is 11.8 Å². The van der Waals surface area contributed by atoms with Crippen LogP contribution in [0.4, 0.5) is 5.69 Å². The number of nitrogens with one attached hydrogen (secondary N) is 1. The molecular formula is C16H21N3O2S. The van der Waals surface area contributed by atoms with Crippen molar-refractivity contribution in [1.82, 2.24) is 10.2 Å². The molecule has 0 atom stereocenters. The second-order valence-electron chi connectivity index (χ2n) is 6.15. The van der Waals surface area contributed by atoms with Gasteiger partial charge in [-0.15, -0.1) is 21.5 Å². The summed E-state index contributed by atoms with van der Waals surface area (Å²) < 4.78 is 5.68. The number of hydrogen-bond acceptors (Lipinski definition) is 5. The van der Waals surface area contributed by atoms with Gasteiger partial charge < -0.3 is 9.73 Å². The van der Waals surface area contributed by atoms with Crippen molar-refractivity contribution in [2.75, 3.05) is 5.32 Å². The number of aryl methyl sites for hydroxylation is 1. The van der Waals surface area contributed by atoms with Crippen LogP contribution in [-0.2, 0) is 4.79 Å². The first-order chi connectivity index (χ1) is 10.5. The zero-order valence-corrected chi connectivity index (χ0v) is 14.0. The Labute approximate surface area is 134 Å². The average Bonchev–Trinajstić information content (AvgIpc) is 3.18. The Morgan fingerprint density at radius 3 is 2.73 bits per heavy atom. The molecule has 0 bridgehead atoms. The molecule has 1 aliphatic carbocycles. The Hall–Kier alpha value is -1.69. The summed E-state index contributed by atoms with van der Waals surface area (Å²) in [5.74, 6) is 1.68. The largest absolute Gasteiger partial charge is 0.420 e. The normalized spacial score (nSPS) is 15.6. The molecule has 3 rings (SSSR count). The topological polar surface area (TPSA) is 68.0 Å². The number of carbonyl (C=O) groups is 1. The number of aromatic nitrogens is 2. The summed E-state index contributed by atoms with van der Waals surface area (Å²) >= 11 is 1.57. The lowest BCUT2D eigenvalue weighted by atomic mass is 10.1. The van der Waals surface area contributed by atoms with E-state index in [2.05, 4.69) is 15.5 Å². The highest BCUT2D eigenvalue weighted by Gasteiger charge is 2.24. The molecule has 0 aromatic carbocycles. The van der Waals surface area contributed by atoms with Gasteiger partial charge in [0.25, 0.3) is 5.89 Å². The minimum absolute atomic E-state index is 0.137. The van der Waals surface area contributed by atoms with Gasteiger partial charge in [-0.1, -0.05) is 26.7 Å². The summed E-state index contributed by atoms with van der Waals surface area (Å²) in [6.45, 7) is 6.03. The fraction of sp³-hybridized carbons (Fsp3) is 0.562. The summed E-state index contributed by atoms with van der Waals surface area (Å²) in [6.07, 6.45) is 4.32. The first kappa shape index (κ1) is 15.2. The van der Waals surface area contributed by atoms with Crippen molar-refractivity contribution in [2.24, 2.45) is 5.92 Å². The average molecular weight is 319 g/mol. The van der Waals surface area contributed by atoms with E-state index in [-0.39, 0.29) is 17.7 Å². The first-order valence-electron chi connectivity index (χ1n) is 7.79. The van der Waals surface area contributed by atoms with Crippen molar-refractivity contribution in [3.8, 4) is 10.8 Å². The molecule has 0 unspecified atom stereocenters. The lowest BCUT2D eigenvalue weighted by Gasteiger charge is -2.09. The van der Waals surface area contributed by atoms with Crippen LogP contribution >= 0.6 is 11.3 Å². The molecule has 0 aliphatic heterocycles. The van der Waals surface area contributed by atoms with Crippen molar-refractivity contribution >= 4 is 22.9 Å². The van der Waals surface area contributed by atoms with Gasteiger partial charge in [-0.05, 0) is 25.8 Å². The molecule has 2 heterocycles. The standard InChI is InChI=1S/C16H21N3O2S/c1-9(2)15-18-19-16(21-15)13-8-12(10(3)22-13)17-14(20)11-6-4-5-7-11/h8-9,11H,4-7H2,1-3H3,(H,17,20). The van der Waals surface area contributed by atoms with Gasteiger partial charge in [0.1, 0.15) is 0 Å². The predicted octanol–water partition coefficient (Wildman–Crippen LogP) is 4.36. The number of thiophene rings is 1. The van der Waals surface area contributed by atoms with E-state index in [9.17, 15) is 4.79 Å². The number of hydrogen-bond donors (Lipinski definition) is 1. The second kappa shape index (κ2) is 6.20. The Morgan fingerprint density at radius 2 is 2.09 bits per heavy atom. The molecule has 0 saturated heterocycles. The monoisotopic (exact) mass is 319 g/mol. The second-order valence-corrected chi connectivity index (χ2v) is 7.41. The number of nitrogens with zero attached hydrogens (tertiary/aromatic N) is 2. The maximum Gasteiger partial charge on any atom is 0.257 e. The van der Waals surface area contributed by atoms with Crippen molar-refractivity contribution in [1.29, 1.82) is 0 Å². The Balaban J connectivity index is 1.76. The highest BCUT2D eigenvalue weighted by atomic mass is 32.1. The number of anilines is 1. The number of amides is 1. The lowest BCUT2D eigenvalue weighted by molar-refractivity contribution is -0.119. The fourth-order valence-electron chi connectivity index (χ4n) is 2.70. The van der Waals surface area contributed by atoms with Crippen LogP contribution in [0.1, 0.15) is 56.2 Å². The molecule has 2 aromatic heterocycles. The molecule has 6 heteroatoms. The fourth-order valence-corrected chi connectivity index (χ4v) is 3.60. The maximum absolute atomic E-state index is 12.2. The molecule has 1 N–H and O–H groups in total. The van der Waals surface area contributed by atoms with Crippen LogP contribution in [0.3, 0.4) is 0 Å². The highest BCUT2D eigenvalue weighted by Crippen LogP contribution is 2.35. The molecule has 118 valence electrons. The molecule has 0 spiro atoms. The Morgan fingerprint density at radius 1 is 1.36 bits per heavy atom. The van der Waals surface area contributed by atoms with Crippen LogP contribution in [0.25, 0.3) is 10.8 Å². The van der Waals surface area contributed by atoms with Crippen LogP contribution in [-0.4, -0.2) is 16.1 Å². The van der Waals surface area contributed by atoms with Crippen LogP contribution in [0.5, 0.6) is 0 Å². The third kappa shape index (κ3) is 3.06. The molecule has 1 aliphatic rings. The number of carbonyl (C=O) groups excluding carboxylic acids is 1. The van der Waals surface area contributed by atoms with Gasteiger partial charge in [-0.25, -0.2) is 0 Å². The summed E-state index contributed by atoms with van der Waals surface area (Å²) in [4.78, 5) is 14.2. The zero-order chi connectivity index (χ0) is 15.7. The van der Waals surface area contributed by atoms with Crippen molar-refractivity contribution in [3.05, 3.63) is 16.8 Å². The third-order valence-corrected chi connectivity index (χ3v) is 5.09. The van der Waals surface area contributed by atoms with E-state index in [1.165, 1.54) is 0 Å². The van der Waals surface area contributed by atoms with Gasteiger partial charge in [-0.2, -0.15) is 0 Å². The summed E-state index contributed by atoms with van der Waals surface area (Å²) in [5.41, 5.74) is 0.862. The van der Waals surface area contributed by atoms with Gasteiger partial charge in [0.15, 0.2) is 0 Å². The van der Waals surface area contributed by atoms with E-state index >= 15 is 0 Å². The minimum atomic E-state index is 0.137. The summed E-state index contributed by atoms with van der Waals surface area (Å²) in [5, 5.41) is 11.2. The van der Waals surface area contributed by atoms with Crippen LogP contribution in [0, 0.1) is 12.8 Å². The first-order valence-corrected chi connectivity index (χ1v) is 8.61. The molecular weight excluding hydrogens is 298 g/mol. The molecule has 22 heavy (non-hydrogen) atoms. The van der Waals surface area contributed by atoms with Gasteiger partial charge >= 0.3 is 0 Å². The quantitative estimate of drug-likeness (QED) is 0.909. The van der Waals surface area contributed by atoms with E-state index in [0.29, 0.717) is 11.8 Å². The van der Waals surface area contributed by atoms with Crippen molar-refractivity contribution < 1.29 is 9.21 Å². The van der Waals surface area contributed by atoms with E-state index in [1.54, 1.807) is 11.3 Å². The van der Waals surface area contributed by atoms with Gasteiger partial charge in [-0.3, -0.25) is 4.79 Å². The predicted molar refractivity (Wildman–Crippen MR) is 87.0 cm³/mol. The smallest absolute Gasteiger partial charge is 0.257 e. The minimum Gasteiger partial charge on any atom is -0.420 e. The van der Waals surface area contributed by atoms with Crippen LogP contribution in [0.15, 0.2) is 10.5 Å². The lowest BCUT2D eigenvalue weighted by Crippen LogP contribution is -2.20. The molecule has 2 aromatic rings. The molecule has 1 fully saturated rings.